The first kappa shape index (κ1) is 14.1. The van der Waals surface area contributed by atoms with Crippen LogP contribution < -0.4 is 0 Å². The van der Waals surface area contributed by atoms with Crippen LogP contribution in [0.2, 0.25) is 0 Å². The molecule has 0 aliphatic rings. The van der Waals surface area contributed by atoms with Crippen LogP contribution in [0.3, 0.4) is 0 Å². The Morgan fingerprint density at radius 2 is 1.68 bits per heavy atom. The van der Waals surface area contributed by atoms with E-state index in [9.17, 15) is 9.59 Å². The minimum atomic E-state index is -0.418. The molecule has 4 nitrogen and oxygen atoms in total. The maximum atomic E-state index is 12.7. The highest BCUT2D eigenvalue weighted by molar-refractivity contribution is 6.09. The van der Waals surface area contributed by atoms with Crippen molar-refractivity contribution in [3.05, 3.63) is 71.9 Å². The van der Waals surface area contributed by atoms with E-state index >= 15 is 0 Å². The highest BCUT2D eigenvalue weighted by atomic mass is 16.5. The third kappa shape index (κ3) is 2.39. The van der Waals surface area contributed by atoms with Gasteiger partial charge < -0.3 is 4.74 Å². The fraction of sp³-hybridized carbons (Fsp3) is 0.111. The Bertz CT molecular complexity index is 834. The molecule has 0 atom stereocenters. The number of fused-ring (bicyclic) bond motifs is 1. The molecule has 0 aliphatic carbocycles. The highest BCUT2D eigenvalue weighted by Gasteiger charge is 2.19. The van der Waals surface area contributed by atoms with Gasteiger partial charge in [-0.05, 0) is 25.1 Å². The molecule has 0 fully saturated rings. The topological polar surface area (TPSA) is 48.3 Å². The number of aromatic nitrogens is 1. The summed E-state index contributed by atoms with van der Waals surface area (Å²) in [6.07, 6.45) is 1.55. The monoisotopic (exact) mass is 293 g/mol. The summed E-state index contributed by atoms with van der Waals surface area (Å²) in [7, 11) is 0. The molecular formula is C18H15NO3. The Morgan fingerprint density at radius 1 is 1.00 bits per heavy atom. The zero-order valence-electron chi connectivity index (χ0n) is 12.2. The van der Waals surface area contributed by atoms with Crippen LogP contribution in [0.5, 0.6) is 0 Å². The number of carbonyl (C=O) groups is 2. The third-order valence-electron chi connectivity index (χ3n) is 3.45. The van der Waals surface area contributed by atoms with Crippen LogP contribution in [0.25, 0.3) is 10.9 Å². The molecule has 0 unspecified atom stereocenters. The van der Waals surface area contributed by atoms with Gasteiger partial charge in [0.15, 0.2) is 0 Å². The van der Waals surface area contributed by atoms with Crippen LogP contribution in [0.1, 0.15) is 27.6 Å². The lowest BCUT2D eigenvalue weighted by atomic mass is 10.2. The molecule has 0 N–H and O–H groups in total. The van der Waals surface area contributed by atoms with Crippen molar-refractivity contribution in [2.24, 2.45) is 0 Å². The fourth-order valence-electron chi connectivity index (χ4n) is 2.44. The first-order valence-electron chi connectivity index (χ1n) is 7.09. The second-order valence-corrected chi connectivity index (χ2v) is 4.82. The number of ether oxygens (including phenoxy) is 1. The number of para-hydroxylation sites is 1. The Balaban J connectivity index is 2.15. The molecule has 0 bridgehead atoms. The second kappa shape index (κ2) is 5.85. The molecule has 3 aromatic rings. The van der Waals surface area contributed by atoms with E-state index in [-0.39, 0.29) is 5.91 Å². The van der Waals surface area contributed by atoms with Crippen LogP contribution in [0.15, 0.2) is 60.8 Å². The molecule has 110 valence electrons. The van der Waals surface area contributed by atoms with Crippen LogP contribution in [-0.4, -0.2) is 23.1 Å². The first-order chi connectivity index (χ1) is 10.7. The van der Waals surface area contributed by atoms with Gasteiger partial charge in [-0.15, -0.1) is 0 Å². The molecule has 0 spiro atoms. The van der Waals surface area contributed by atoms with Crippen LogP contribution in [0, 0.1) is 0 Å². The van der Waals surface area contributed by atoms with Gasteiger partial charge >= 0.3 is 5.97 Å². The summed E-state index contributed by atoms with van der Waals surface area (Å²) in [4.78, 5) is 24.7. The van der Waals surface area contributed by atoms with Crippen molar-refractivity contribution >= 4 is 22.8 Å². The summed E-state index contributed by atoms with van der Waals surface area (Å²) in [6.45, 7) is 2.05. The molecule has 4 heteroatoms. The van der Waals surface area contributed by atoms with E-state index in [1.807, 2.05) is 42.5 Å². The van der Waals surface area contributed by atoms with Crippen molar-refractivity contribution in [1.82, 2.24) is 4.57 Å². The summed E-state index contributed by atoms with van der Waals surface area (Å²) in [5, 5.41) is 0.713. The number of rotatable bonds is 3. The normalized spacial score (nSPS) is 10.6. The molecule has 1 aromatic heterocycles. The van der Waals surface area contributed by atoms with E-state index in [0.717, 1.165) is 0 Å². The minimum Gasteiger partial charge on any atom is -0.462 e. The molecule has 1 heterocycles. The molecular weight excluding hydrogens is 278 g/mol. The van der Waals surface area contributed by atoms with Gasteiger partial charge in [0.05, 0.1) is 17.7 Å². The lowest BCUT2D eigenvalue weighted by molar-refractivity contribution is 0.0528. The molecule has 0 radical (unpaired) electrons. The Labute approximate surface area is 127 Å². The molecule has 0 saturated carbocycles. The maximum Gasteiger partial charge on any atom is 0.340 e. The van der Waals surface area contributed by atoms with E-state index in [1.54, 1.807) is 25.3 Å². The zero-order valence-corrected chi connectivity index (χ0v) is 12.2. The van der Waals surface area contributed by atoms with Crippen LogP contribution in [-0.2, 0) is 4.74 Å². The average molecular weight is 293 g/mol. The first-order valence-corrected chi connectivity index (χ1v) is 7.09. The lowest BCUT2D eigenvalue weighted by Gasteiger charge is -2.03. The van der Waals surface area contributed by atoms with Crippen LogP contribution in [0.4, 0.5) is 0 Å². The van der Waals surface area contributed by atoms with Crippen molar-refractivity contribution in [3.63, 3.8) is 0 Å². The van der Waals surface area contributed by atoms with Gasteiger partial charge in [-0.1, -0.05) is 36.4 Å². The van der Waals surface area contributed by atoms with Crippen molar-refractivity contribution in [2.75, 3.05) is 6.61 Å². The Hall–Kier alpha value is -2.88. The summed E-state index contributed by atoms with van der Waals surface area (Å²) < 4.78 is 6.57. The molecule has 0 amide bonds. The van der Waals surface area contributed by atoms with Gasteiger partial charge in [-0.25, -0.2) is 4.79 Å². The quantitative estimate of drug-likeness (QED) is 0.694. The van der Waals surface area contributed by atoms with Gasteiger partial charge in [-0.2, -0.15) is 0 Å². The highest BCUT2D eigenvalue weighted by Crippen LogP contribution is 2.23. The van der Waals surface area contributed by atoms with Gasteiger partial charge in [0.25, 0.3) is 5.91 Å². The van der Waals surface area contributed by atoms with Crippen molar-refractivity contribution in [2.45, 2.75) is 6.92 Å². The summed E-state index contributed by atoms with van der Waals surface area (Å²) in [5.41, 5.74) is 1.67. The summed E-state index contributed by atoms with van der Waals surface area (Å²) >= 11 is 0. The third-order valence-corrected chi connectivity index (χ3v) is 3.45. The lowest BCUT2D eigenvalue weighted by Crippen LogP contribution is -2.11. The summed E-state index contributed by atoms with van der Waals surface area (Å²) in [5.74, 6) is -0.592. The van der Waals surface area contributed by atoms with E-state index in [0.29, 0.717) is 28.6 Å². The Kier molecular flexibility index (Phi) is 3.74. The minimum absolute atomic E-state index is 0.174. The molecule has 3 rings (SSSR count). The number of nitrogens with zero attached hydrogens (tertiary/aromatic N) is 1. The Morgan fingerprint density at radius 3 is 2.41 bits per heavy atom. The number of hydrogen-bond donors (Lipinski definition) is 0. The van der Waals surface area contributed by atoms with Gasteiger partial charge in [-0.3, -0.25) is 9.36 Å². The molecule has 0 saturated heterocycles. The number of benzene rings is 2. The van der Waals surface area contributed by atoms with Crippen molar-refractivity contribution in [3.8, 4) is 0 Å². The SMILES string of the molecule is CCOC(=O)c1cn(C(=O)c2ccccc2)c2ccccc12. The average Bonchev–Trinajstić information content (AvgIpc) is 2.95. The number of carbonyl (C=O) groups excluding carboxylic acids is 2. The second-order valence-electron chi connectivity index (χ2n) is 4.82. The van der Waals surface area contributed by atoms with Gasteiger partial charge in [0, 0.05) is 17.1 Å². The summed E-state index contributed by atoms with van der Waals surface area (Å²) in [6, 6.07) is 16.3. The van der Waals surface area contributed by atoms with E-state index < -0.39 is 5.97 Å². The van der Waals surface area contributed by atoms with Gasteiger partial charge in [0.1, 0.15) is 0 Å². The zero-order chi connectivity index (χ0) is 15.5. The molecule has 0 aliphatic heterocycles. The van der Waals surface area contributed by atoms with Gasteiger partial charge in [0.2, 0.25) is 0 Å². The number of esters is 1. The van der Waals surface area contributed by atoms with E-state index in [1.165, 1.54) is 4.57 Å². The van der Waals surface area contributed by atoms with Crippen molar-refractivity contribution in [1.29, 1.82) is 0 Å². The largest absolute Gasteiger partial charge is 0.462 e. The van der Waals surface area contributed by atoms with Crippen molar-refractivity contribution < 1.29 is 14.3 Å². The fourth-order valence-corrected chi connectivity index (χ4v) is 2.44. The number of hydrogen-bond acceptors (Lipinski definition) is 3. The smallest absolute Gasteiger partial charge is 0.340 e. The maximum absolute atomic E-state index is 12.7. The predicted octanol–water partition coefficient (Wildman–Crippen LogP) is 3.51. The van der Waals surface area contributed by atoms with Crippen LogP contribution >= 0.6 is 0 Å². The standard InChI is InChI=1S/C18H15NO3/c1-2-22-18(21)15-12-19(16-11-7-6-10-14(15)16)17(20)13-8-4-3-5-9-13/h3-12H,2H2,1H3. The predicted molar refractivity (Wildman–Crippen MR) is 84.1 cm³/mol. The molecule has 2 aromatic carbocycles. The van der Waals surface area contributed by atoms with E-state index in [2.05, 4.69) is 0 Å². The van der Waals surface area contributed by atoms with E-state index in [4.69, 9.17) is 4.74 Å². The molecule has 22 heavy (non-hydrogen) atoms.